The molecule has 0 aliphatic rings. The maximum Gasteiger partial charge on any atom is 0.348 e. The monoisotopic (exact) mass is 436 g/mol. The maximum absolute atomic E-state index is 12.9. The van der Waals surface area contributed by atoms with Crippen molar-refractivity contribution in [3.63, 3.8) is 0 Å². The van der Waals surface area contributed by atoms with Crippen LogP contribution in [0.1, 0.15) is 32.5 Å². The molecule has 0 saturated heterocycles. The van der Waals surface area contributed by atoms with Gasteiger partial charge in [-0.2, -0.15) is 5.26 Å². The lowest BCUT2D eigenvalue weighted by Gasteiger charge is -2.14. The van der Waals surface area contributed by atoms with Crippen LogP contribution in [-0.4, -0.2) is 39.8 Å². The summed E-state index contributed by atoms with van der Waals surface area (Å²) < 4.78 is 20.9. The van der Waals surface area contributed by atoms with E-state index in [0.29, 0.717) is 37.6 Å². The molecule has 0 aliphatic heterocycles. The Kier molecular flexibility index (Phi) is 7.75. The topological polar surface area (TPSA) is 107 Å². The third-order valence-electron chi connectivity index (χ3n) is 3.85. The van der Waals surface area contributed by atoms with Crippen molar-refractivity contribution in [2.24, 2.45) is 0 Å². The lowest BCUT2D eigenvalue weighted by molar-refractivity contribution is 0.0531. The summed E-state index contributed by atoms with van der Waals surface area (Å²) in [6.45, 7) is 3.64. The van der Waals surface area contributed by atoms with Crippen LogP contribution in [0.25, 0.3) is 0 Å². The van der Waals surface area contributed by atoms with Crippen molar-refractivity contribution < 1.29 is 28.5 Å². The lowest BCUT2D eigenvalue weighted by Crippen LogP contribution is -2.12. The quantitative estimate of drug-likeness (QED) is 0.375. The van der Waals surface area contributed by atoms with Gasteiger partial charge in [0.1, 0.15) is 15.3 Å². The molecule has 0 bridgehead atoms. The minimum absolute atomic E-state index is 0.226. The molecule has 0 spiro atoms. The Morgan fingerprint density at radius 1 is 1.17 bits per heavy atom. The molecule has 154 valence electrons. The smallest absolute Gasteiger partial charge is 0.348 e. The summed E-state index contributed by atoms with van der Waals surface area (Å²) in [4.78, 5) is 25.9. The zero-order valence-electron chi connectivity index (χ0n) is 16.6. The summed E-state index contributed by atoms with van der Waals surface area (Å²) >= 11 is 1.93. The van der Waals surface area contributed by atoms with Crippen LogP contribution in [0, 0.1) is 17.6 Å². The highest BCUT2D eigenvalue weighted by atomic mass is 32.2. The van der Waals surface area contributed by atoms with Crippen LogP contribution in [0.15, 0.2) is 17.0 Å². The number of thioether (sulfide) groups is 1. The number of esters is 1. The minimum atomic E-state index is -0.497. The van der Waals surface area contributed by atoms with E-state index in [1.165, 1.54) is 33.5 Å². The number of methoxy groups -OCH3 is 3. The average molecular weight is 437 g/mol. The number of thiocyanates is 1. The standard InChI is InChI=1S/C19H20N2O6S2/c1-6-27-19(23)16-10(2)15(28-9-20)18(29-16)21-17(22)11-7-12(24-3)14(26-5)13(8-11)25-4/h7-8H,6H2,1-5H3,(H,21,22). The predicted octanol–water partition coefficient (Wildman–Crippen LogP) is 4.08. The molecular formula is C19H20N2O6S2. The summed E-state index contributed by atoms with van der Waals surface area (Å²) in [6.07, 6.45) is 0. The van der Waals surface area contributed by atoms with Gasteiger partial charge in [-0.05, 0) is 43.3 Å². The second-order valence-electron chi connectivity index (χ2n) is 5.50. The number of hydrogen-bond donors (Lipinski definition) is 1. The number of carbonyl (C=O) groups is 2. The molecule has 2 rings (SSSR count). The van der Waals surface area contributed by atoms with Crippen LogP contribution in [-0.2, 0) is 4.74 Å². The van der Waals surface area contributed by atoms with E-state index in [2.05, 4.69) is 5.32 Å². The number of amides is 1. The number of benzene rings is 1. The molecule has 1 aromatic carbocycles. The summed E-state index contributed by atoms with van der Waals surface area (Å²) in [5.74, 6) is 0.0732. The first-order valence-corrected chi connectivity index (χ1v) is 10.0. The second kappa shape index (κ2) is 10.0. The van der Waals surface area contributed by atoms with Gasteiger partial charge in [-0.1, -0.05) is 0 Å². The summed E-state index contributed by atoms with van der Waals surface area (Å²) in [6, 6.07) is 3.03. The van der Waals surface area contributed by atoms with Gasteiger partial charge >= 0.3 is 5.97 Å². The van der Waals surface area contributed by atoms with Crippen molar-refractivity contribution in [2.45, 2.75) is 18.7 Å². The fourth-order valence-corrected chi connectivity index (χ4v) is 4.32. The van der Waals surface area contributed by atoms with Crippen molar-refractivity contribution in [3.05, 3.63) is 28.1 Å². The van der Waals surface area contributed by atoms with Crippen LogP contribution >= 0.6 is 23.1 Å². The van der Waals surface area contributed by atoms with Gasteiger partial charge in [0.15, 0.2) is 11.5 Å². The van der Waals surface area contributed by atoms with Crippen LogP contribution in [0.2, 0.25) is 0 Å². The normalized spacial score (nSPS) is 10.1. The molecule has 1 aromatic heterocycles. The van der Waals surface area contributed by atoms with E-state index < -0.39 is 11.9 Å². The summed E-state index contributed by atoms with van der Waals surface area (Å²) in [5.41, 5.74) is 0.844. The Hall–Kier alpha value is -2.90. The highest BCUT2D eigenvalue weighted by Gasteiger charge is 2.24. The molecular weight excluding hydrogens is 416 g/mol. The minimum Gasteiger partial charge on any atom is -0.493 e. The van der Waals surface area contributed by atoms with E-state index in [1.54, 1.807) is 13.8 Å². The van der Waals surface area contributed by atoms with Gasteiger partial charge in [0, 0.05) is 5.56 Å². The van der Waals surface area contributed by atoms with Crippen LogP contribution in [0.3, 0.4) is 0 Å². The number of ether oxygens (including phenoxy) is 4. The number of carbonyl (C=O) groups excluding carboxylic acids is 2. The first-order valence-electron chi connectivity index (χ1n) is 8.39. The van der Waals surface area contributed by atoms with Gasteiger partial charge < -0.3 is 24.3 Å². The van der Waals surface area contributed by atoms with Crippen molar-refractivity contribution in [1.82, 2.24) is 0 Å². The van der Waals surface area contributed by atoms with Gasteiger partial charge in [-0.15, -0.1) is 11.3 Å². The van der Waals surface area contributed by atoms with Gasteiger partial charge in [-0.3, -0.25) is 4.79 Å². The highest BCUT2D eigenvalue weighted by Crippen LogP contribution is 2.41. The van der Waals surface area contributed by atoms with Gasteiger partial charge in [0.2, 0.25) is 5.75 Å². The van der Waals surface area contributed by atoms with Gasteiger partial charge in [0.05, 0.1) is 32.8 Å². The molecule has 0 unspecified atom stereocenters. The third-order valence-corrected chi connectivity index (χ3v) is 5.98. The number of nitriles is 1. The molecule has 0 radical (unpaired) electrons. The predicted molar refractivity (Wildman–Crippen MR) is 111 cm³/mol. The Labute approximate surface area is 176 Å². The third kappa shape index (κ3) is 4.75. The average Bonchev–Trinajstić information content (AvgIpc) is 3.02. The molecule has 0 saturated carbocycles. The van der Waals surface area contributed by atoms with E-state index in [-0.39, 0.29) is 12.2 Å². The van der Waals surface area contributed by atoms with E-state index in [4.69, 9.17) is 24.2 Å². The van der Waals surface area contributed by atoms with Crippen LogP contribution < -0.4 is 19.5 Å². The Morgan fingerprint density at radius 3 is 2.28 bits per heavy atom. The van der Waals surface area contributed by atoms with Gasteiger partial charge in [-0.25, -0.2) is 4.79 Å². The Bertz CT molecular complexity index is 939. The fourth-order valence-electron chi connectivity index (χ4n) is 2.53. The zero-order chi connectivity index (χ0) is 21.6. The molecule has 10 heteroatoms. The van der Waals surface area contributed by atoms with E-state index in [9.17, 15) is 9.59 Å². The van der Waals surface area contributed by atoms with Crippen molar-refractivity contribution in [3.8, 4) is 22.6 Å². The molecule has 2 aromatic rings. The zero-order valence-corrected chi connectivity index (χ0v) is 18.2. The number of anilines is 1. The number of hydrogen-bond acceptors (Lipinski definition) is 9. The van der Waals surface area contributed by atoms with E-state index >= 15 is 0 Å². The molecule has 0 aliphatic carbocycles. The highest BCUT2D eigenvalue weighted by molar-refractivity contribution is 8.04. The van der Waals surface area contributed by atoms with Crippen LogP contribution in [0.4, 0.5) is 5.00 Å². The first-order chi connectivity index (χ1) is 13.9. The fraction of sp³-hybridized carbons (Fsp3) is 0.316. The maximum atomic E-state index is 12.9. The van der Waals surface area contributed by atoms with Crippen LogP contribution in [0.5, 0.6) is 17.2 Å². The number of thiophene rings is 1. The molecule has 1 heterocycles. The summed E-state index contributed by atoms with van der Waals surface area (Å²) in [5, 5.41) is 14.2. The van der Waals surface area contributed by atoms with Crippen molar-refractivity contribution in [2.75, 3.05) is 33.3 Å². The number of nitrogens with one attached hydrogen (secondary N) is 1. The molecule has 8 nitrogen and oxygen atoms in total. The van der Waals surface area contributed by atoms with Crippen molar-refractivity contribution >= 4 is 40.0 Å². The van der Waals surface area contributed by atoms with Crippen molar-refractivity contribution in [1.29, 1.82) is 5.26 Å². The number of rotatable bonds is 8. The lowest BCUT2D eigenvalue weighted by atomic mass is 10.1. The SMILES string of the molecule is CCOC(=O)c1sc(NC(=O)c2cc(OC)c(OC)c(OC)c2)c(SC#N)c1C. The first kappa shape index (κ1) is 22.4. The second-order valence-corrected chi connectivity index (χ2v) is 7.31. The van der Waals surface area contributed by atoms with Gasteiger partial charge in [0.25, 0.3) is 5.91 Å². The molecule has 29 heavy (non-hydrogen) atoms. The largest absolute Gasteiger partial charge is 0.493 e. The molecule has 0 fully saturated rings. The molecule has 0 atom stereocenters. The Balaban J connectivity index is 2.43. The molecule has 1 amide bonds. The Morgan fingerprint density at radius 2 is 1.79 bits per heavy atom. The molecule has 1 N–H and O–H groups in total. The number of nitrogens with zero attached hydrogens (tertiary/aromatic N) is 1. The summed E-state index contributed by atoms with van der Waals surface area (Å²) in [7, 11) is 4.38. The van der Waals surface area contributed by atoms with E-state index in [1.807, 2.05) is 5.40 Å². The van der Waals surface area contributed by atoms with E-state index in [0.717, 1.165) is 23.1 Å².